The predicted molar refractivity (Wildman–Crippen MR) is 119 cm³/mol. The number of amides is 2. The van der Waals surface area contributed by atoms with Gasteiger partial charge in [-0.15, -0.1) is 24.8 Å². The number of hydrogen-bond acceptors (Lipinski definition) is 4. The molecule has 6 nitrogen and oxygen atoms in total. The zero-order valence-electron chi connectivity index (χ0n) is 16.0. The molecule has 0 radical (unpaired) electrons. The maximum atomic E-state index is 12.6. The van der Waals surface area contributed by atoms with Crippen LogP contribution in [0.2, 0.25) is 0 Å². The van der Waals surface area contributed by atoms with E-state index in [1.165, 1.54) is 25.7 Å². The molecule has 156 valence electrons. The standard InChI is InChI=1S/C21H24N4O2.2ClH/c26-20(23-16-8-10-22-11-9-16)15-5-3-6-17(12-15)24-21(27)19-13-14-4-1-2-7-18(14)25-19;;/h3,5-6,8-12,14,18-19,25H,1-2,4,7,13H2,(H,24,27)(H,22,23,26);2*1H. The number of benzene rings is 1. The lowest BCUT2D eigenvalue weighted by atomic mass is 9.85. The first kappa shape index (κ1) is 23.1. The number of carbonyl (C=O) groups excluding carboxylic acids is 2. The third-order valence-corrected chi connectivity index (χ3v) is 5.51. The van der Waals surface area contributed by atoms with Gasteiger partial charge < -0.3 is 16.0 Å². The van der Waals surface area contributed by atoms with Crippen molar-refractivity contribution < 1.29 is 9.59 Å². The van der Waals surface area contributed by atoms with Gasteiger partial charge in [0.1, 0.15) is 0 Å². The number of hydrogen-bond donors (Lipinski definition) is 3. The number of rotatable bonds is 4. The molecular formula is C21H26Cl2N4O2. The van der Waals surface area contributed by atoms with Crippen molar-refractivity contribution in [2.75, 3.05) is 10.6 Å². The highest BCUT2D eigenvalue weighted by atomic mass is 35.5. The van der Waals surface area contributed by atoms with Gasteiger partial charge in [-0.1, -0.05) is 18.9 Å². The summed E-state index contributed by atoms with van der Waals surface area (Å²) in [5.41, 5.74) is 1.82. The van der Waals surface area contributed by atoms with Crippen molar-refractivity contribution in [2.45, 2.75) is 44.2 Å². The van der Waals surface area contributed by atoms with Crippen molar-refractivity contribution >= 4 is 48.0 Å². The summed E-state index contributed by atoms with van der Waals surface area (Å²) in [5, 5.41) is 9.27. The van der Waals surface area contributed by atoms with E-state index in [1.54, 1.807) is 42.7 Å². The van der Waals surface area contributed by atoms with Gasteiger partial charge >= 0.3 is 0 Å². The number of pyridine rings is 1. The van der Waals surface area contributed by atoms with Crippen LogP contribution in [-0.4, -0.2) is 28.9 Å². The highest BCUT2D eigenvalue weighted by Crippen LogP contribution is 2.33. The van der Waals surface area contributed by atoms with Crippen LogP contribution in [0.4, 0.5) is 11.4 Å². The monoisotopic (exact) mass is 436 g/mol. The van der Waals surface area contributed by atoms with Crippen LogP contribution in [0.1, 0.15) is 42.5 Å². The summed E-state index contributed by atoms with van der Waals surface area (Å²) < 4.78 is 0. The van der Waals surface area contributed by atoms with Crippen LogP contribution in [0.5, 0.6) is 0 Å². The number of nitrogens with zero attached hydrogens (tertiary/aromatic N) is 1. The summed E-state index contributed by atoms with van der Waals surface area (Å²) in [6, 6.07) is 10.8. The SMILES string of the molecule is Cl.Cl.O=C(Nc1ccncc1)c1cccc(NC(=O)C2CC3CCCCC3N2)c1. The molecule has 2 aromatic rings. The number of halogens is 2. The molecule has 2 fully saturated rings. The first-order chi connectivity index (χ1) is 13.2. The Morgan fingerprint density at radius 1 is 0.966 bits per heavy atom. The summed E-state index contributed by atoms with van der Waals surface area (Å²) >= 11 is 0. The van der Waals surface area contributed by atoms with E-state index < -0.39 is 0 Å². The van der Waals surface area contributed by atoms with E-state index in [0.717, 1.165) is 6.42 Å². The molecule has 1 aliphatic heterocycles. The number of nitrogens with one attached hydrogen (secondary N) is 3. The first-order valence-corrected chi connectivity index (χ1v) is 9.57. The molecule has 4 rings (SSSR count). The van der Waals surface area contributed by atoms with Gasteiger partial charge in [-0.3, -0.25) is 14.6 Å². The Labute approximate surface area is 183 Å². The molecular weight excluding hydrogens is 411 g/mol. The number of aromatic nitrogens is 1. The maximum Gasteiger partial charge on any atom is 0.255 e. The van der Waals surface area contributed by atoms with Crippen LogP contribution in [0.25, 0.3) is 0 Å². The van der Waals surface area contributed by atoms with Gasteiger partial charge in [0.2, 0.25) is 5.91 Å². The quantitative estimate of drug-likeness (QED) is 0.675. The number of carbonyl (C=O) groups is 2. The smallest absolute Gasteiger partial charge is 0.255 e. The van der Waals surface area contributed by atoms with Gasteiger partial charge in [-0.2, -0.15) is 0 Å². The lowest BCUT2D eigenvalue weighted by molar-refractivity contribution is -0.117. The molecule has 2 heterocycles. The lowest BCUT2D eigenvalue weighted by Gasteiger charge is -2.24. The summed E-state index contributed by atoms with van der Waals surface area (Å²) in [6.45, 7) is 0. The highest BCUT2D eigenvalue weighted by molar-refractivity contribution is 6.05. The van der Waals surface area contributed by atoms with Crippen molar-refractivity contribution in [1.82, 2.24) is 10.3 Å². The average Bonchev–Trinajstić information content (AvgIpc) is 3.13. The van der Waals surface area contributed by atoms with Gasteiger partial charge in [-0.25, -0.2) is 0 Å². The van der Waals surface area contributed by atoms with E-state index in [9.17, 15) is 9.59 Å². The van der Waals surface area contributed by atoms with Crippen LogP contribution in [0, 0.1) is 5.92 Å². The van der Waals surface area contributed by atoms with Crippen molar-refractivity contribution in [3.8, 4) is 0 Å². The van der Waals surface area contributed by atoms with E-state index in [4.69, 9.17) is 0 Å². The highest BCUT2D eigenvalue weighted by Gasteiger charge is 2.38. The van der Waals surface area contributed by atoms with Gasteiger partial charge in [0.15, 0.2) is 0 Å². The van der Waals surface area contributed by atoms with Gasteiger partial charge in [-0.05, 0) is 55.5 Å². The largest absolute Gasteiger partial charge is 0.325 e. The first-order valence-electron chi connectivity index (χ1n) is 9.57. The molecule has 3 N–H and O–H groups in total. The normalized spacial score (nSPS) is 22.4. The summed E-state index contributed by atoms with van der Waals surface area (Å²) in [6.07, 6.45) is 9.05. The fourth-order valence-electron chi connectivity index (χ4n) is 4.13. The molecule has 3 unspecified atom stereocenters. The molecule has 8 heteroatoms. The molecule has 2 aliphatic rings. The molecule has 2 amide bonds. The topological polar surface area (TPSA) is 83.1 Å². The zero-order chi connectivity index (χ0) is 18.6. The minimum Gasteiger partial charge on any atom is -0.325 e. The fourth-order valence-corrected chi connectivity index (χ4v) is 4.13. The molecule has 0 bridgehead atoms. The molecule has 1 saturated heterocycles. The van der Waals surface area contributed by atoms with E-state index in [0.29, 0.717) is 28.9 Å². The lowest BCUT2D eigenvalue weighted by Crippen LogP contribution is -2.39. The Balaban J connectivity index is 0.00000150. The molecule has 3 atom stereocenters. The van der Waals surface area contributed by atoms with Crippen LogP contribution >= 0.6 is 24.8 Å². The molecule has 1 aromatic carbocycles. The molecule has 1 aromatic heterocycles. The predicted octanol–water partition coefficient (Wildman–Crippen LogP) is 4.04. The maximum absolute atomic E-state index is 12.6. The van der Waals surface area contributed by atoms with Crippen molar-refractivity contribution in [3.05, 3.63) is 54.4 Å². The van der Waals surface area contributed by atoms with E-state index >= 15 is 0 Å². The van der Waals surface area contributed by atoms with Gasteiger partial charge in [0.05, 0.1) is 6.04 Å². The van der Waals surface area contributed by atoms with Gasteiger partial charge in [0.25, 0.3) is 5.91 Å². The Hall–Kier alpha value is -2.15. The summed E-state index contributed by atoms with van der Waals surface area (Å²) in [4.78, 5) is 29.0. The molecule has 0 spiro atoms. The Kier molecular flexibility index (Phi) is 8.44. The van der Waals surface area contributed by atoms with E-state index in [2.05, 4.69) is 20.9 Å². The Morgan fingerprint density at radius 2 is 1.72 bits per heavy atom. The van der Waals surface area contributed by atoms with E-state index in [-0.39, 0.29) is 42.7 Å². The van der Waals surface area contributed by atoms with Crippen molar-refractivity contribution in [3.63, 3.8) is 0 Å². The van der Waals surface area contributed by atoms with Crippen LogP contribution in [-0.2, 0) is 4.79 Å². The Morgan fingerprint density at radius 3 is 2.48 bits per heavy atom. The molecule has 1 saturated carbocycles. The number of fused-ring (bicyclic) bond motifs is 1. The second-order valence-corrected chi connectivity index (χ2v) is 7.37. The van der Waals surface area contributed by atoms with Gasteiger partial charge in [0, 0.05) is 35.4 Å². The summed E-state index contributed by atoms with van der Waals surface area (Å²) in [5.74, 6) is 0.380. The van der Waals surface area contributed by atoms with E-state index in [1.807, 2.05) is 6.07 Å². The molecule has 29 heavy (non-hydrogen) atoms. The Bertz CT molecular complexity index is 820. The van der Waals surface area contributed by atoms with Crippen LogP contribution in [0.3, 0.4) is 0 Å². The zero-order valence-corrected chi connectivity index (χ0v) is 17.6. The average molecular weight is 437 g/mol. The van der Waals surface area contributed by atoms with Crippen LogP contribution in [0.15, 0.2) is 48.8 Å². The van der Waals surface area contributed by atoms with Crippen molar-refractivity contribution in [2.24, 2.45) is 5.92 Å². The number of anilines is 2. The minimum absolute atomic E-state index is 0. The van der Waals surface area contributed by atoms with Crippen molar-refractivity contribution in [1.29, 1.82) is 0 Å². The minimum atomic E-state index is -0.220. The second kappa shape index (κ2) is 10.6. The second-order valence-electron chi connectivity index (χ2n) is 7.37. The summed E-state index contributed by atoms with van der Waals surface area (Å²) in [7, 11) is 0. The fraction of sp³-hybridized carbons (Fsp3) is 0.381. The third kappa shape index (κ3) is 5.69. The van der Waals surface area contributed by atoms with Crippen LogP contribution < -0.4 is 16.0 Å². The third-order valence-electron chi connectivity index (χ3n) is 5.51. The molecule has 1 aliphatic carbocycles.